The predicted molar refractivity (Wildman–Crippen MR) is 99.1 cm³/mol. The van der Waals surface area contributed by atoms with Gasteiger partial charge in [0.15, 0.2) is 5.82 Å². The maximum atomic E-state index is 13.9. The van der Waals surface area contributed by atoms with Crippen LogP contribution >= 0.6 is 11.3 Å². The van der Waals surface area contributed by atoms with Gasteiger partial charge >= 0.3 is 6.18 Å². The van der Waals surface area contributed by atoms with Gasteiger partial charge in [0.1, 0.15) is 10.8 Å². The molecule has 0 spiro atoms. The van der Waals surface area contributed by atoms with Crippen LogP contribution in [0.25, 0.3) is 5.00 Å². The highest BCUT2D eigenvalue weighted by Gasteiger charge is 2.47. The Labute approximate surface area is 158 Å². The Bertz CT molecular complexity index is 1060. The zero-order valence-electron chi connectivity index (χ0n) is 15.2. The lowest BCUT2D eigenvalue weighted by atomic mass is 9.99. The number of rotatable bonds is 1. The van der Waals surface area contributed by atoms with Crippen molar-refractivity contribution in [3.63, 3.8) is 0 Å². The highest BCUT2D eigenvalue weighted by molar-refractivity contribution is 7.15. The summed E-state index contributed by atoms with van der Waals surface area (Å²) in [5.41, 5.74) is 3.69. The Morgan fingerprint density at radius 3 is 2.30 bits per heavy atom. The van der Waals surface area contributed by atoms with Gasteiger partial charge in [-0.2, -0.15) is 13.2 Å². The van der Waals surface area contributed by atoms with Gasteiger partial charge < -0.3 is 0 Å². The Hall–Kier alpha value is -2.48. The summed E-state index contributed by atoms with van der Waals surface area (Å²) < 4.78 is 43.2. The van der Waals surface area contributed by atoms with E-state index in [4.69, 9.17) is 0 Å². The Kier molecular flexibility index (Phi) is 3.99. The van der Waals surface area contributed by atoms with E-state index in [1.807, 2.05) is 45.0 Å². The van der Waals surface area contributed by atoms with Gasteiger partial charge in [0.05, 0.1) is 5.71 Å². The van der Waals surface area contributed by atoms with Crippen molar-refractivity contribution in [3.05, 3.63) is 63.0 Å². The van der Waals surface area contributed by atoms with Crippen molar-refractivity contribution in [1.29, 1.82) is 0 Å². The topological polar surface area (TPSA) is 43.1 Å². The molecule has 1 unspecified atom stereocenters. The predicted octanol–water partition coefficient (Wildman–Crippen LogP) is 5.02. The number of nitrogens with zero attached hydrogens (tertiary/aromatic N) is 4. The van der Waals surface area contributed by atoms with Crippen molar-refractivity contribution in [3.8, 4) is 5.00 Å². The van der Waals surface area contributed by atoms with Crippen LogP contribution in [0.3, 0.4) is 0 Å². The minimum absolute atomic E-state index is 0.190. The second-order valence-corrected chi connectivity index (χ2v) is 7.90. The van der Waals surface area contributed by atoms with E-state index in [0.717, 1.165) is 21.6 Å². The fraction of sp³-hybridized carbons (Fsp3) is 0.316. The highest BCUT2D eigenvalue weighted by atomic mass is 32.1. The Morgan fingerprint density at radius 1 is 1.00 bits per heavy atom. The van der Waals surface area contributed by atoms with Crippen LogP contribution in [0, 0.1) is 27.7 Å². The summed E-state index contributed by atoms with van der Waals surface area (Å²) in [4.78, 5) is 5.22. The average Bonchev–Trinajstić information content (AvgIpc) is 3.04. The summed E-state index contributed by atoms with van der Waals surface area (Å²) in [6.45, 7) is 7.48. The molecule has 0 N–H and O–H groups in total. The minimum atomic E-state index is -4.57. The Balaban J connectivity index is 2.09. The molecule has 140 valence electrons. The van der Waals surface area contributed by atoms with Gasteiger partial charge in [0.2, 0.25) is 6.04 Å². The maximum Gasteiger partial charge on any atom is 0.418 e. The molecule has 0 aliphatic carbocycles. The third-order valence-electron chi connectivity index (χ3n) is 4.79. The van der Waals surface area contributed by atoms with Crippen LogP contribution in [0.5, 0.6) is 0 Å². The molecule has 27 heavy (non-hydrogen) atoms. The Morgan fingerprint density at radius 2 is 1.67 bits per heavy atom. The number of thiophene rings is 1. The normalized spacial score (nSPS) is 16.6. The van der Waals surface area contributed by atoms with Gasteiger partial charge in [-0.05, 0) is 33.3 Å². The third-order valence-corrected chi connectivity index (χ3v) is 5.99. The molecule has 0 bridgehead atoms. The van der Waals surface area contributed by atoms with Crippen LogP contribution in [-0.4, -0.2) is 26.7 Å². The van der Waals surface area contributed by atoms with Crippen LogP contribution < -0.4 is 0 Å². The summed E-state index contributed by atoms with van der Waals surface area (Å²) >= 11 is 1.44. The molecule has 0 saturated heterocycles. The molecule has 3 heterocycles. The quantitative estimate of drug-likeness (QED) is 0.586. The summed E-state index contributed by atoms with van der Waals surface area (Å²) in [7, 11) is 0. The van der Waals surface area contributed by atoms with Crippen LogP contribution in [0.2, 0.25) is 0 Å². The molecule has 1 aliphatic rings. The number of benzene rings is 1. The molecule has 1 aliphatic heterocycles. The van der Waals surface area contributed by atoms with E-state index in [1.54, 1.807) is 6.92 Å². The fourth-order valence-electron chi connectivity index (χ4n) is 3.25. The molecule has 2 aromatic heterocycles. The van der Waals surface area contributed by atoms with Crippen molar-refractivity contribution < 1.29 is 13.2 Å². The first kappa shape index (κ1) is 17.9. The molecule has 0 radical (unpaired) electrons. The molecule has 3 aromatic rings. The fourth-order valence-corrected chi connectivity index (χ4v) is 4.47. The van der Waals surface area contributed by atoms with Crippen molar-refractivity contribution in [2.75, 3.05) is 0 Å². The number of aryl methyl sites for hydroxylation is 3. The number of alkyl halides is 3. The molecule has 8 heteroatoms. The summed E-state index contributed by atoms with van der Waals surface area (Å²) in [6.07, 6.45) is -4.57. The van der Waals surface area contributed by atoms with Gasteiger partial charge in [-0.25, -0.2) is 0 Å². The third kappa shape index (κ3) is 2.79. The van der Waals surface area contributed by atoms with Crippen molar-refractivity contribution in [1.82, 2.24) is 14.8 Å². The number of aromatic nitrogens is 3. The van der Waals surface area contributed by atoms with Crippen LogP contribution in [0.4, 0.5) is 13.2 Å². The van der Waals surface area contributed by atoms with E-state index in [9.17, 15) is 13.2 Å². The zero-order chi connectivity index (χ0) is 19.5. The molecule has 1 atom stereocenters. The van der Waals surface area contributed by atoms with Gasteiger partial charge in [-0.1, -0.05) is 29.8 Å². The smallest absolute Gasteiger partial charge is 0.271 e. The summed E-state index contributed by atoms with van der Waals surface area (Å²) in [5.74, 6) is 0.228. The van der Waals surface area contributed by atoms with Gasteiger partial charge in [0.25, 0.3) is 0 Å². The standard InChI is InChI=1S/C19H17F3N4S/c1-9-5-7-13(8-6-9)15-14-10(2)11(3)27-18(14)26-12(4)24-25-17(26)16(23-15)19(20,21)22/h5-8,16H,1-4H3. The molecule has 4 rings (SSSR count). The first-order valence-corrected chi connectivity index (χ1v) is 9.24. The van der Waals surface area contributed by atoms with Crippen molar-refractivity contribution >= 4 is 17.0 Å². The maximum absolute atomic E-state index is 13.9. The molecule has 0 saturated carbocycles. The van der Waals surface area contributed by atoms with Gasteiger partial charge in [0, 0.05) is 16.0 Å². The van der Waals surface area contributed by atoms with E-state index in [2.05, 4.69) is 15.2 Å². The molecular formula is C19H17F3N4S. The van der Waals surface area contributed by atoms with E-state index in [-0.39, 0.29) is 5.82 Å². The number of hydrogen-bond donors (Lipinski definition) is 0. The lowest BCUT2D eigenvalue weighted by molar-refractivity contribution is -0.150. The summed E-state index contributed by atoms with van der Waals surface area (Å²) in [5, 5.41) is 8.43. The zero-order valence-corrected chi connectivity index (χ0v) is 16.0. The average molecular weight is 390 g/mol. The van der Waals surface area contributed by atoms with Crippen LogP contribution in [0.1, 0.15) is 44.8 Å². The number of aliphatic imine (C=N–C) groups is 1. The van der Waals surface area contributed by atoms with Crippen LogP contribution in [-0.2, 0) is 0 Å². The van der Waals surface area contributed by atoms with E-state index in [0.29, 0.717) is 22.1 Å². The largest absolute Gasteiger partial charge is 0.418 e. The molecule has 0 fully saturated rings. The summed E-state index contributed by atoms with van der Waals surface area (Å²) in [6, 6.07) is 5.33. The lowest BCUT2D eigenvalue weighted by Crippen LogP contribution is -2.22. The van der Waals surface area contributed by atoms with Crippen LogP contribution in [0.15, 0.2) is 29.3 Å². The molecule has 1 aromatic carbocycles. The number of fused-ring (bicyclic) bond motifs is 3. The monoisotopic (exact) mass is 390 g/mol. The second kappa shape index (κ2) is 6.02. The number of halogens is 3. The SMILES string of the molecule is Cc1ccc(C2=NC(C(F)(F)F)c3nnc(C)n3-c3sc(C)c(C)c32)cc1. The van der Waals surface area contributed by atoms with Gasteiger partial charge in [-0.3, -0.25) is 9.56 Å². The van der Waals surface area contributed by atoms with Gasteiger partial charge in [-0.15, -0.1) is 21.5 Å². The lowest BCUT2D eigenvalue weighted by Gasteiger charge is -2.15. The number of hydrogen-bond acceptors (Lipinski definition) is 4. The van der Waals surface area contributed by atoms with E-state index in [1.165, 1.54) is 15.9 Å². The molecular weight excluding hydrogens is 373 g/mol. The first-order valence-electron chi connectivity index (χ1n) is 8.42. The van der Waals surface area contributed by atoms with E-state index < -0.39 is 12.2 Å². The van der Waals surface area contributed by atoms with Crippen molar-refractivity contribution in [2.24, 2.45) is 4.99 Å². The second-order valence-electron chi connectivity index (χ2n) is 6.69. The van der Waals surface area contributed by atoms with Crippen molar-refractivity contribution in [2.45, 2.75) is 39.9 Å². The molecule has 0 amide bonds. The highest BCUT2D eigenvalue weighted by Crippen LogP contribution is 2.43. The van der Waals surface area contributed by atoms with E-state index >= 15 is 0 Å². The first-order chi connectivity index (χ1) is 12.7. The minimum Gasteiger partial charge on any atom is -0.271 e. The molecule has 4 nitrogen and oxygen atoms in total.